The van der Waals surface area contributed by atoms with Gasteiger partial charge in [0.15, 0.2) is 0 Å². The quantitative estimate of drug-likeness (QED) is 0.612. The van der Waals surface area contributed by atoms with E-state index in [-0.39, 0.29) is 11.4 Å². The summed E-state index contributed by atoms with van der Waals surface area (Å²) in [6.45, 7) is 3.89. The van der Waals surface area contributed by atoms with E-state index in [2.05, 4.69) is 0 Å². The van der Waals surface area contributed by atoms with Gasteiger partial charge >= 0.3 is 5.97 Å². The maximum absolute atomic E-state index is 11.5. The Kier molecular flexibility index (Phi) is 2.32. The maximum Gasteiger partial charge on any atom is 0.316 e. The van der Waals surface area contributed by atoms with Gasteiger partial charge in [-0.05, 0) is 26.7 Å². The first-order chi connectivity index (χ1) is 5.86. The van der Waals surface area contributed by atoms with Crippen LogP contribution in [0, 0.1) is 5.92 Å². The minimum absolute atomic E-state index is 0.205. The van der Waals surface area contributed by atoms with Crippen molar-refractivity contribution in [1.82, 2.24) is 4.90 Å². The average molecular weight is 185 g/mol. The molecule has 1 saturated heterocycles. The normalized spacial score (nSPS) is 27.5. The molecule has 1 fully saturated rings. The Labute approximate surface area is 77.5 Å². The number of piperidine rings is 1. The predicted octanol–water partition coefficient (Wildman–Crippen LogP) is 0.718. The highest BCUT2D eigenvalue weighted by molar-refractivity contribution is 5.97. The van der Waals surface area contributed by atoms with Gasteiger partial charge in [-0.15, -0.1) is 0 Å². The zero-order chi connectivity index (χ0) is 10.2. The molecule has 0 aromatic rings. The summed E-state index contributed by atoms with van der Waals surface area (Å²) in [4.78, 5) is 23.7. The summed E-state index contributed by atoms with van der Waals surface area (Å²) in [7, 11) is 1.66. The lowest BCUT2D eigenvalue weighted by Crippen LogP contribution is -2.53. The molecule has 0 aromatic carbocycles. The molecule has 0 radical (unpaired) electrons. The molecule has 0 saturated carbocycles. The van der Waals surface area contributed by atoms with Crippen LogP contribution in [0.1, 0.15) is 26.7 Å². The van der Waals surface area contributed by atoms with Crippen molar-refractivity contribution in [2.45, 2.75) is 32.2 Å². The molecule has 1 rings (SSSR count). The summed E-state index contributed by atoms with van der Waals surface area (Å²) >= 11 is 0. The molecule has 0 bridgehead atoms. The number of rotatable bonds is 1. The monoisotopic (exact) mass is 185 g/mol. The second-order valence-corrected chi connectivity index (χ2v) is 4.14. The second kappa shape index (κ2) is 3.01. The van der Waals surface area contributed by atoms with Gasteiger partial charge < -0.3 is 10.0 Å². The van der Waals surface area contributed by atoms with Crippen LogP contribution in [0.3, 0.4) is 0 Å². The van der Waals surface area contributed by atoms with Gasteiger partial charge in [0.2, 0.25) is 5.91 Å². The molecule has 4 nitrogen and oxygen atoms in total. The highest BCUT2D eigenvalue weighted by atomic mass is 16.4. The fourth-order valence-electron chi connectivity index (χ4n) is 1.55. The molecule has 0 aromatic heterocycles. The molecule has 1 amide bonds. The summed E-state index contributed by atoms with van der Waals surface area (Å²) in [6.07, 6.45) is 1.19. The highest BCUT2D eigenvalue weighted by Gasteiger charge is 2.41. The van der Waals surface area contributed by atoms with Gasteiger partial charge in [0, 0.05) is 12.6 Å². The Morgan fingerprint density at radius 3 is 2.62 bits per heavy atom. The third kappa shape index (κ3) is 1.66. The first-order valence-electron chi connectivity index (χ1n) is 4.37. The van der Waals surface area contributed by atoms with E-state index in [4.69, 9.17) is 5.11 Å². The first-order valence-corrected chi connectivity index (χ1v) is 4.37. The summed E-state index contributed by atoms with van der Waals surface area (Å²) in [5.74, 6) is -2.12. The molecular formula is C9H15NO3. The van der Waals surface area contributed by atoms with E-state index in [1.807, 2.05) is 13.8 Å². The van der Waals surface area contributed by atoms with E-state index in [0.717, 1.165) is 6.42 Å². The SMILES string of the molecule is CN1C(=O)C(C(=O)O)CCC1(C)C. The summed E-state index contributed by atoms with van der Waals surface area (Å²) < 4.78 is 0. The number of likely N-dealkylation sites (tertiary alicyclic amines) is 1. The van der Waals surface area contributed by atoms with Crippen LogP contribution in [0.4, 0.5) is 0 Å². The predicted molar refractivity (Wildman–Crippen MR) is 47.2 cm³/mol. The molecule has 1 aliphatic rings. The molecule has 4 heteroatoms. The van der Waals surface area contributed by atoms with E-state index in [1.165, 1.54) is 4.90 Å². The molecule has 0 aliphatic carbocycles. The van der Waals surface area contributed by atoms with Crippen molar-refractivity contribution in [2.75, 3.05) is 7.05 Å². The number of aliphatic carboxylic acids is 1. The molecule has 13 heavy (non-hydrogen) atoms. The van der Waals surface area contributed by atoms with Crippen LogP contribution in [-0.4, -0.2) is 34.5 Å². The lowest BCUT2D eigenvalue weighted by Gasteiger charge is -2.41. The van der Waals surface area contributed by atoms with Crippen LogP contribution in [0.25, 0.3) is 0 Å². The van der Waals surface area contributed by atoms with Crippen LogP contribution in [0.5, 0.6) is 0 Å². The number of amides is 1. The van der Waals surface area contributed by atoms with E-state index in [0.29, 0.717) is 6.42 Å². The molecule has 1 aliphatic heterocycles. The topological polar surface area (TPSA) is 57.6 Å². The van der Waals surface area contributed by atoms with Crippen molar-refractivity contribution in [1.29, 1.82) is 0 Å². The Bertz CT molecular complexity index is 247. The van der Waals surface area contributed by atoms with Crippen molar-refractivity contribution >= 4 is 11.9 Å². The highest BCUT2D eigenvalue weighted by Crippen LogP contribution is 2.29. The van der Waals surface area contributed by atoms with Crippen LogP contribution in [-0.2, 0) is 9.59 Å². The Morgan fingerprint density at radius 1 is 1.62 bits per heavy atom. The Morgan fingerprint density at radius 2 is 2.15 bits per heavy atom. The number of hydrogen-bond acceptors (Lipinski definition) is 2. The third-order valence-electron chi connectivity index (χ3n) is 2.88. The van der Waals surface area contributed by atoms with Crippen LogP contribution in [0.15, 0.2) is 0 Å². The van der Waals surface area contributed by atoms with Crippen molar-refractivity contribution in [3.63, 3.8) is 0 Å². The largest absolute Gasteiger partial charge is 0.481 e. The molecule has 1 N–H and O–H groups in total. The number of carbonyl (C=O) groups is 2. The minimum Gasteiger partial charge on any atom is -0.481 e. The van der Waals surface area contributed by atoms with Crippen molar-refractivity contribution in [2.24, 2.45) is 5.92 Å². The zero-order valence-electron chi connectivity index (χ0n) is 8.20. The number of carboxylic acids is 1. The van der Waals surface area contributed by atoms with Gasteiger partial charge in [-0.2, -0.15) is 0 Å². The summed E-state index contributed by atoms with van der Waals surface area (Å²) in [5.41, 5.74) is -0.205. The van der Waals surface area contributed by atoms with Crippen molar-refractivity contribution in [3.8, 4) is 0 Å². The summed E-state index contributed by atoms with van der Waals surface area (Å²) in [5, 5.41) is 8.75. The lowest BCUT2D eigenvalue weighted by molar-refractivity contribution is -0.157. The molecular weight excluding hydrogens is 170 g/mol. The standard InChI is InChI=1S/C9H15NO3/c1-9(2)5-4-6(8(12)13)7(11)10(9)3/h6H,4-5H2,1-3H3,(H,12,13). The van der Waals surface area contributed by atoms with Crippen LogP contribution < -0.4 is 0 Å². The van der Waals surface area contributed by atoms with Gasteiger partial charge in [-0.25, -0.2) is 0 Å². The summed E-state index contributed by atoms with van der Waals surface area (Å²) in [6, 6.07) is 0. The van der Waals surface area contributed by atoms with Crippen LogP contribution in [0.2, 0.25) is 0 Å². The number of hydrogen-bond donors (Lipinski definition) is 1. The molecule has 1 atom stereocenters. The first kappa shape index (κ1) is 10.0. The Hall–Kier alpha value is -1.06. The van der Waals surface area contributed by atoms with Gasteiger partial charge in [-0.1, -0.05) is 0 Å². The lowest BCUT2D eigenvalue weighted by atomic mass is 9.85. The molecule has 0 spiro atoms. The average Bonchev–Trinajstić information content (AvgIpc) is 2.00. The fourth-order valence-corrected chi connectivity index (χ4v) is 1.55. The van der Waals surface area contributed by atoms with Crippen LogP contribution >= 0.6 is 0 Å². The molecule has 74 valence electrons. The van der Waals surface area contributed by atoms with E-state index >= 15 is 0 Å². The smallest absolute Gasteiger partial charge is 0.316 e. The molecule has 1 heterocycles. The number of carboxylic acid groups (broad SMARTS) is 1. The van der Waals surface area contributed by atoms with E-state index in [9.17, 15) is 9.59 Å². The van der Waals surface area contributed by atoms with E-state index in [1.54, 1.807) is 7.05 Å². The fraction of sp³-hybridized carbons (Fsp3) is 0.778. The van der Waals surface area contributed by atoms with Gasteiger partial charge in [0.05, 0.1) is 0 Å². The minimum atomic E-state index is -1.01. The van der Waals surface area contributed by atoms with Gasteiger partial charge in [0.1, 0.15) is 5.92 Å². The number of carbonyl (C=O) groups excluding carboxylic acids is 1. The third-order valence-corrected chi connectivity index (χ3v) is 2.88. The van der Waals surface area contributed by atoms with Crippen molar-refractivity contribution in [3.05, 3.63) is 0 Å². The Balaban J connectivity index is 2.83. The van der Waals surface area contributed by atoms with Crippen molar-refractivity contribution < 1.29 is 14.7 Å². The van der Waals surface area contributed by atoms with Gasteiger partial charge in [0.25, 0.3) is 0 Å². The zero-order valence-corrected chi connectivity index (χ0v) is 8.20. The number of nitrogens with zero attached hydrogens (tertiary/aromatic N) is 1. The van der Waals surface area contributed by atoms with Gasteiger partial charge in [-0.3, -0.25) is 9.59 Å². The molecule has 1 unspecified atom stereocenters. The maximum atomic E-state index is 11.5. The second-order valence-electron chi connectivity index (χ2n) is 4.14. The van der Waals surface area contributed by atoms with E-state index < -0.39 is 11.9 Å².